The van der Waals surface area contributed by atoms with Crippen molar-refractivity contribution in [2.24, 2.45) is 0 Å². The Morgan fingerprint density at radius 2 is 0.884 bits per heavy atom. The SMILES string of the molecule is CC(C)(C)c1cc(CN2C=CC(=C3C=CN(Cc4ccc(CNCc5ccc6c(c5)=[O+]CCOCCOCCOc5ccccc5OCCOCCOCC[O+]=6)cc4)C=C3)C=C2)cc(C(C)(C)C)c1. The van der Waals surface area contributed by atoms with Crippen LogP contribution >= 0.6 is 0 Å². The molecule has 366 valence electrons. The van der Waals surface area contributed by atoms with Crippen LogP contribution in [-0.2, 0) is 56.0 Å². The number of hydrogen-bond acceptors (Lipinski definition) is 9. The second-order valence-electron chi connectivity index (χ2n) is 19.4. The molecule has 69 heavy (non-hydrogen) atoms. The Morgan fingerprint density at radius 3 is 1.41 bits per heavy atom. The number of nitrogens with zero attached hydrogens (tertiary/aromatic N) is 2. The second-order valence-corrected chi connectivity index (χ2v) is 19.4. The van der Waals surface area contributed by atoms with E-state index in [1.165, 1.54) is 39.0 Å². The first kappa shape index (κ1) is 51.0. The Kier molecular flexibility index (Phi) is 19.0. The summed E-state index contributed by atoms with van der Waals surface area (Å²) in [4.78, 5) is 4.50. The number of para-hydroxylation sites is 2. The van der Waals surface area contributed by atoms with Crippen LogP contribution in [0, 0.1) is 0 Å². The molecule has 3 aliphatic rings. The smallest absolute Gasteiger partial charge is 0.445 e. The third-order valence-corrected chi connectivity index (χ3v) is 11.8. The van der Waals surface area contributed by atoms with Crippen LogP contribution in [-0.4, -0.2) is 89.1 Å². The van der Waals surface area contributed by atoms with Gasteiger partial charge < -0.3 is 43.5 Å². The molecule has 0 bridgehead atoms. The molecular weight excluding hydrogens is 867 g/mol. The lowest BCUT2D eigenvalue weighted by molar-refractivity contribution is 0.0362. The molecule has 0 fully saturated rings. The number of hydrogen-bond donors (Lipinski definition) is 1. The van der Waals surface area contributed by atoms with E-state index in [9.17, 15) is 0 Å². The summed E-state index contributed by atoms with van der Waals surface area (Å²) < 4.78 is 47.0. The largest absolute Gasteiger partial charge is 0.487 e. The number of allylic oxidation sites excluding steroid dienone is 6. The topological polar surface area (TPSA) is 96.5 Å². The highest BCUT2D eigenvalue weighted by Gasteiger charge is 2.21. The standard InChI is InChI=1S/C58H73N3O8/c1-57(2,3)51-37-48(38-52(40-51)58(4,5)6)44-61-23-19-50(20-24-61)49-17-21-60(22-18-49)43-46-13-11-45(12-14-46)41-59-42-47-15-16-55-56(39-47)69-36-32-65-28-27-63-30-34-67-54-10-8-7-9-53(54)66-33-29-62-25-26-64-31-35-68-55/h7-24,37-40,59H,25-36,41-44H2,1-6H3/q+2. The van der Waals surface area contributed by atoms with Gasteiger partial charge in [0.15, 0.2) is 11.5 Å². The summed E-state index contributed by atoms with van der Waals surface area (Å²) in [5.74, 6) is 1.35. The van der Waals surface area contributed by atoms with Gasteiger partial charge in [-0.1, -0.05) is 96.1 Å². The van der Waals surface area contributed by atoms with Crippen LogP contribution < -0.4 is 25.6 Å². The molecule has 4 aromatic carbocycles. The Bertz CT molecular complexity index is 2480. The Morgan fingerprint density at radius 1 is 0.449 bits per heavy atom. The first-order valence-corrected chi connectivity index (χ1v) is 24.4. The van der Waals surface area contributed by atoms with Crippen LogP contribution in [0.15, 0.2) is 154 Å². The first-order chi connectivity index (χ1) is 33.5. The molecule has 0 aromatic heterocycles. The number of benzene rings is 4. The van der Waals surface area contributed by atoms with E-state index in [-0.39, 0.29) is 10.8 Å². The third-order valence-electron chi connectivity index (χ3n) is 11.8. The van der Waals surface area contributed by atoms with Gasteiger partial charge in [0.2, 0.25) is 0 Å². The van der Waals surface area contributed by atoms with Crippen molar-refractivity contribution >= 4 is 0 Å². The van der Waals surface area contributed by atoms with Crippen molar-refractivity contribution in [3.05, 3.63) is 198 Å². The summed E-state index contributed by atoms with van der Waals surface area (Å²) >= 11 is 0. The fourth-order valence-corrected chi connectivity index (χ4v) is 7.76. The molecule has 0 amide bonds. The van der Waals surface area contributed by atoms with Crippen LogP contribution in [0.1, 0.15) is 74.9 Å². The average molecular weight is 940 g/mol. The number of fused-ring (bicyclic) bond motifs is 2. The maximum atomic E-state index is 6.19. The highest BCUT2D eigenvalue weighted by atomic mass is 16.6. The third kappa shape index (κ3) is 16.7. The zero-order chi connectivity index (χ0) is 48.3. The molecule has 0 unspecified atom stereocenters. The molecule has 1 N–H and O–H groups in total. The Balaban J connectivity index is 0.863. The Hall–Kier alpha value is -5.82. The minimum atomic E-state index is 0.0973. The quantitative estimate of drug-likeness (QED) is 0.137. The molecule has 3 aliphatic heterocycles. The highest BCUT2D eigenvalue weighted by Crippen LogP contribution is 2.32. The molecule has 3 heterocycles. The highest BCUT2D eigenvalue weighted by molar-refractivity contribution is 5.49. The van der Waals surface area contributed by atoms with Gasteiger partial charge in [-0.2, -0.15) is 0 Å². The van der Waals surface area contributed by atoms with Crippen molar-refractivity contribution in [3.8, 4) is 11.5 Å². The molecule has 0 radical (unpaired) electrons. The van der Waals surface area contributed by atoms with Gasteiger partial charge in [0.05, 0.1) is 51.8 Å². The van der Waals surface area contributed by atoms with E-state index in [1.54, 1.807) is 0 Å². The number of rotatable bonds is 8. The van der Waals surface area contributed by atoms with Gasteiger partial charge in [-0.25, -0.2) is 8.85 Å². The second kappa shape index (κ2) is 25.7. The van der Waals surface area contributed by atoms with Gasteiger partial charge in [0, 0.05) is 51.0 Å². The summed E-state index contributed by atoms with van der Waals surface area (Å²) in [6.07, 6.45) is 17.5. The maximum absolute atomic E-state index is 6.19. The maximum Gasteiger partial charge on any atom is 0.445 e. The lowest BCUT2D eigenvalue weighted by atomic mass is 9.79. The zero-order valence-corrected chi connectivity index (χ0v) is 41.7. The molecule has 0 spiro atoms. The molecule has 7 rings (SSSR count). The molecular formula is C58H73N3O8+2. The molecule has 0 aliphatic carbocycles. The van der Waals surface area contributed by atoms with Gasteiger partial charge >= 0.3 is 10.9 Å². The van der Waals surface area contributed by atoms with E-state index >= 15 is 0 Å². The van der Waals surface area contributed by atoms with Crippen molar-refractivity contribution in [1.82, 2.24) is 15.1 Å². The lowest BCUT2D eigenvalue weighted by Crippen LogP contribution is -2.28. The predicted octanol–water partition coefficient (Wildman–Crippen LogP) is 9.02. The van der Waals surface area contributed by atoms with Crippen LogP contribution in [0.3, 0.4) is 0 Å². The van der Waals surface area contributed by atoms with E-state index in [0.717, 1.165) is 25.2 Å². The molecule has 4 aromatic rings. The van der Waals surface area contributed by atoms with Crippen molar-refractivity contribution in [2.75, 3.05) is 79.3 Å². The normalized spacial score (nSPS) is 17.2. The zero-order valence-electron chi connectivity index (χ0n) is 41.7. The van der Waals surface area contributed by atoms with Crippen LogP contribution in [0.2, 0.25) is 0 Å². The van der Waals surface area contributed by atoms with Crippen LogP contribution in [0.5, 0.6) is 11.5 Å². The van der Waals surface area contributed by atoms with E-state index in [2.05, 4.69) is 154 Å². The summed E-state index contributed by atoms with van der Waals surface area (Å²) in [5, 5.41) is 3.59. The van der Waals surface area contributed by atoms with Gasteiger partial charge in [-0.05, 0) is 97.9 Å². The molecule has 0 saturated heterocycles. The predicted molar refractivity (Wildman–Crippen MR) is 276 cm³/mol. The Labute approximate surface area is 409 Å². The average Bonchev–Trinajstić information content (AvgIpc) is 3.33. The minimum Gasteiger partial charge on any atom is -0.487 e. The fraction of sp³-hybridized carbons (Fsp3) is 0.414. The molecule has 0 saturated carbocycles. The number of ether oxygens (including phenoxy) is 6. The van der Waals surface area contributed by atoms with Gasteiger partial charge in [-0.3, -0.25) is 0 Å². The van der Waals surface area contributed by atoms with Gasteiger partial charge in [0.1, 0.15) is 26.4 Å². The van der Waals surface area contributed by atoms with Crippen LogP contribution in [0.4, 0.5) is 0 Å². The monoisotopic (exact) mass is 940 g/mol. The van der Waals surface area contributed by atoms with Crippen molar-refractivity contribution in [3.63, 3.8) is 0 Å². The van der Waals surface area contributed by atoms with Gasteiger partial charge in [-0.15, -0.1) is 0 Å². The number of nitrogens with one attached hydrogen (secondary N) is 1. The van der Waals surface area contributed by atoms with Crippen molar-refractivity contribution in [1.29, 1.82) is 0 Å². The summed E-state index contributed by atoms with van der Waals surface area (Å²) in [7, 11) is 0. The minimum absolute atomic E-state index is 0.0973. The summed E-state index contributed by atoms with van der Waals surface area (Å²) in [5.41, 5.74) is 11.6. The van der Waals surface area contributed by atoms with Crippen molar-refractivity contribution < 1.29 is 28.4 Å². The summed E-state index contributed by atoms with van der Waals surface area (Å²) in [6.45, 7) is 21.9. The van der Waals surface area contributed by atoms with Crippen molar-refractivity contribution in [2.45, 2.75) is 78.6 Å². The van der Waals surface area contributed by atoms with Gasteiger partial charge in [0.25, 0.3) is 13.2 Å². The summed E-state index contributed by atoms with van der Waals surface area (Å²) in [6, 6.07) is 29.6. The van der Waals surface area contributed by atoms with E-state index in [1.807, 2.05) is 36.4 Å². The van der Waals surface area contributed by atoms with E-state index < -0.39 is 0 Å². The molecule has 11 heteroatoms. The van der Waals surface area contributed by atoms with E-state index in [4.69, 9.17) is 37.3 Å². The lowest BCUT2D eigenvalue weighted by Gasteiger charge is -2.27. The first-order valence-electron chi connectivity index (χ1n) is 24.4. The van der Waals surface area contributed by atoms with E-state index in [0.29, 0.717) is 108 Å². The van der Waals surface area contributed by atoms with Crippen LogP contribution in [0.25, 0.3) is 0 Å². The fourth-order valence-electron chi connectivity index (χ4n) is 7.76. The molecule has 0 atom stereocenters. The molecule has 11 nitrogen and oxygen atoms in total.